The van der Waals surface area contributed by atoms with Gasteiger partial charge in [-0.3, -0.25) is 0 Å². The van der Waals surface area contributed by atoms with Gasteiger partial charge in [0.15, 0.2) is 0 Å². The molecule has 0 saturated carbocycles. The van der Waals surface area contributed by atoms with Gasteiger partial charge < -0.3 is 5.32 Å². The van der Waals surface area contributed by atoms with Gasteiger partial charge in [-0.25, -0.2) is 0 Å². The topological polar surface area (TPSA) is 12.0 Å². The van der Waals surface area contributed by atoms with Gasteiger partial charge in [0.1, 0.15) is 0 Å². The molecule has 0 aromatic heterocycles. The molecule has 1 aliphatic rings. The average molecular weight is 323 g/mol. The number of anilines is 1. The third-order valence-electron chi connectivity index (χ3n) is 3.39. The molecule has 0 bridgehead atoms. The van der Waals surface area contributed by atoms with Crippen LogP contribution in [0.3, 0.4) is 0 Å². The Kier molecular flexibility index (Phi) is 3.31. The summed E-state index contributed by atoms with van der Waals surface area (Å²) in [5.41, 5.74) is 3.90. The van der Waals surface area contributed by atoms with Gasteiger partial charge in [-0.05, 0) is 58.1 Å². The molecular formula is C15H13BrClN. The second-order valence-corrected chi connectivity index (χ2v) is 5.85. The first-order valence-corrected chi connectivity index (χ1v) is 7.20. The van der Waals surface area contributed by atoms with Gasteiger partial charge in [-0.15, -0.1) is 0 Å². The minimum Gasteiger partial charge on any atom is -0.377 e. The van der Waals surface area contributed by atoms with E-state index in [1.807, 2.05) is 12.1 Å². The van der Waals surface area contributed by atoms with Crippen LogP contribution < -0.4 is 5.32 Å². The minimum atomic E-state index is 0.369. The fourth-order valence-corrected chi connectivity index (χ4v) is 3.08. The Morgan fingerprint density at radius 1 is 1.11 bits per heavy atom. The summed E-state index contributed by atoms with van der Waals surface area (Å²) in [6, 6.07) is 14.8. The Balaban J connectivity index is 1.90. The number of hydrogen-bond donors (Lipinski definition) is 1. The average Bonchev–Trinajstić information content (AvgIpc) is 2.40. The lowest BCUT2D eigenvalue weighted by molar-refractivity contribution is 0.667. The van der Waals surface area contributed by atoms with Crippen molar-refractivity contribution in [2.24, 2.45) is 0 Å². The van der Waals surface area contributed by atoms with Crippen molar-refractivity contribution in [3.63, 3.8) is 0 Å². The molecule has 92 valence electrons. The standard InChI is InChI=1S/C15H13BrClN/c16-13-3-1-2-11-6-9-14(18-15(11)13)10-4-7-12(17)8-5-10/h1-5,7-8,14,18H,6,9H2. The van der Waals surface area contributed by atoms with E-state index < -0.39 is 0 Å². The molecule has 1 nitrogen and oxygen atoms in total. The van der Waals surface area contributed by atoms with Crippen LogP contribution in [0.2, 0.25) is 5.02 Å². The van der Waals surface area contributed by atoms with E-state index in [9.17, 15) is 0 Å². The Hall–Kier alpha value is -0.990. The zero-order valence-corrected chi connectivity index (χ0v) is 12.1. The second-order valence-electron chi connectivity index (χ2n) is 4.56. The molecule has 1 aliphatic heterocycles. The summed E-state index contributed by atoms with van der Waals surface area (Å²) >= 11 is 9.54. The minimum absolute atomic E-state index is 0.369. The molecule has 3 heteroatoms. The first-order chi connectivity index (χ1) is 8.74. The van der Waals surface area contributed by atoms with Crippen LogP contribution >= 0.6 is 27.5 Å². The van der Waals surface area contributed by atoms with Gasteiger partial charge in [-0.2, -0.15) is 0 Å². The predicted molar refractivity (Wildman–Crippen MR) is 80.3 cm³/mol. The zero-order valence-electron chi connectivity index (χ0n) is 9.79. The highest BCUT2D eigenvalue weighted by atomic mass is 79.9. The number of fused-ring (bicyclic) bond motifs is 1. The molecule has 0 amide bonds. The van der Waals surface area contributed by atoms with Crippen LogP contribution in [0.4, 0.5) is 5.69 Å². The molecule has 1 N–H and O–H groups in total. The quantitative estimate of drug-likeness (QED) is 0.760. The van der Waals surface area contributed by atoms with Crippen molar-refractivity contribution in [3.05, 3.63) is 63.1 Å². The number of aryl methyl sites for hydroxylation is 1. The Morgan fingerprint density at radius 3 is 2.67 bits per heavy atom. The van der Waals surface area contributed by atoms with Crippen molar-refractivity contribution in [1.82, 2.24) is 0 Å². The molecule has 18 heavy (non-hydrogen) atoms. The summed E-state index contributed by atoms with van der Waals surface area (Å²) in [7, 11) is 0. The number of para-hydroxylation sites is 1. The van der Waals surface area contributed by atoms with Gasteiger partial charge in [0.05, 0.1) is 11.7 Å². The molecule has 0 saturated heterocycles. The highest BCUT2D eigenvalue weighted by molar-refractivity contribution is 9.10. The monoisotopic (exact) mass is 321 g/mol. The van der Waals surface area contributed by atoms with E-state index in [4.69, 9.17) is 11.6 Å². The van der Waals surface area contributed by atoms with E-state index in [1.165, 1.54) is 16.8 Å². The summed E-state index contributed by atoms with van der Waals surface area (Å²) in [6.07, 6.45) is 2.22. The molecule has 0 fully saturated rings. The van der Waals surface area contributed by atoms with Crippen LogP contribution in [-0.2, 0) is 6.42 Å². The summed E-state index contributed by atoms with van der Waals surface area (Å²) < 4.78 is 1.14. The van der Waals surface area contributed by atoms with E-state index in [-0.39, 0.29) is 0 Å². The zero-order chi connectivity index (χ0) is 12.5. The van der Waals surface area contributed by atoms with E-state index >= 15 is 0 Å². The maximum atomic E-state index is 5.93. The van der Waals surface area contributed by atoms with Crippen LogP contribution in [0.1, 0.15) is 23.6 Å². The molecule has 2 aromatic carbocycles. The fraction of sp³-hybridized carbons (Fsp3) is 0.200. The highest BCUT2D eigenvalue weighted by Gasteiger charge is 2.20. The number of halogens is 2. The van der Waals surface area contributed by atoms with Gasteiger partial charge in [0.25, 0.3) is 0 Å². The summed E-state index contributed by atoms with van der Waals surface area (Å²) in [4.78, 5) is 0. The fourth-order valence-electron chi connectivity index (χ4n) is 2.43. The SMILES string of the molecule is Clc1ccc(C2CCc3cccc(Br)c3N2)cc1. The van der Waals surface area contributed by atoms with Crippen molar-refractivity contribution < 1.29 is 0 Å². The van der Waals surface area contributed by atoms with Gasteiger partial charge in [0, 0.05) is 9.50 Å². The number of rotatable bonds is 1. The van der Waals surface area contributed by atoms with Crippen molar-refractivity contribution in [2.75, 3.05) is 5.32 Å². The van der Waals surface area contributed by atoms with E-state index in [2.05, 4.69) is 51.6 Å². The van der Waals surface area contributed by atoms with Gasteiger partial charge in [-0.1, -0.05) is 35.9 Å². The largest absolute Gasteiger partial charge is 0.377 e. The normalized spacial score (nSPS) is 18.0. The van der Waals surface area contributed by atoms with Crippen LogP contribution in [0.15, 0.2) is 46.9 Å². The summed E-state index contributed by atoms with van der Waals surface area (Å²) in [5.74, 6) is 0. The van der Waals surface area contributed by atoms with Crippen LogP contribution in [-0.4, -0.2) is 0 Å². The number of hydrogen-bond acceptors (Lipinski definition) is 1. The number of benzene rings is 2. The van der Waals surface area contributed by atoms with Crippen molar-refractivity contribution >= 4 is 33.2 Å². The summed E-state index contributed by atoms with van der Waals surface area (Å²) in [6.45, 7) is 0. The third-order valence-corrected chi connectivity index (χ3v) is 4.31. The van der Waals surface area contributed by atoms with E-state index in [0.29, 0.717) is 6.04 Å². The Bertz CT molecular complexity index is 565. The molecule has 0 aliphatic carbocycles. The predicted octanol–water partition coefficient (Wildman–Crippen LogP) is 5.20. The first kappa shape index (κ1) is 12.1. The lowest BCUT2D eigenvalue weighted by atomic mass is 9.93. The second kappa shape index (κ2) is 4.94. The van der Waals surface area contributed by atoms with Crippen molar-refractivity contribution in [3.8, 4) is 0 Å². The number of nitrogens with one attached hydrogen (secondary N) is 1. The van der Waals surface area contributed by atoms with E-state index in [0.717, 1.165) is 22.3 Å². The van der Waals surface area contributed by atoms with Crippen LogP contribution in [0.25, 0.3) is 0 Å². The van der Waals surface area contributed by atoms with Crippen molar-refractivity contribution in [2.45, 2.75) is 18.9 Å². The molecular weight excluding hydrogens is 310 g/mol. The van der Waals surface area contributed by atoms with Crippen LogP contribution in [0, 0.1) is 0 Å². The maximum absolute atomic E-state index is 5.93. The maximum Gasteiger partial charge on any atom is 0.0521 e. The molecule has 0 radical (unpaired) electrons. The van der Waals surface area contributed by atoms with Crippen molar-refractivity contribution in [1.29, 1.82) is 0 Å². The Labute approximate surface area is 120 Å². The lowest BCUT2D eigenvalue weighted by Gasteiger charge is -2.28. The lowest BCUT2D eigenvalue weighted by Crippen LogP contribution is -2.18. The Morgan fingerprint density at radius 2 is 1.89 bits per heavy atom. The molecule has 1 unspecified atom stereocenters. The first-order valence-electron chi connectivity index (χ1n) is 6.03. The highest BCUT2D eigenvalue weighted by Crippen LogP contribution is 2.37. The molecule has 3 rings (SSSR count). The summed E-state index contributed by atoms with van der Waals surface area (Å²) in [5, 5.41) is 4.40. The molecule has 1 atom stereocenters. The molecule has 2 aromatic rings. The molecule has 1 heterocycles. The molecule has 0 spiro atoms. The smallest absolute Gasteiger partial charge is 0.0521 e. The van der Waals surface area contributed by atoms with E-state index in [1.54, 1.807) is 0 Å². The third kappa shape index (κ3) is 2.27. The van der Waals surface area contributed by atoms with Crippen LogP contribution in [0.5, 0.6) is 0 Å². The van der Waals surface area contributed by atoms with Gasteiger partial charge in [0.2, 0.25) is 0 Å². The van der Waals surface area contributed by atoms with Gasteiger partial charge >= 0.3 is 0 Å².